The molecule has 0 amide bonds. The molecule has 0 spiro atoms. The lowest BCUT2D eigenvalue weighted by Crippen LogP contribution is -2.42. The summed E-state index contributed by atoms with van der Waals surface area (Å²) in [6.45, 7) is 7.13. The van der Waals surface area contributed by atoms with Crippen LogP contribution in [0.15, 0.2) is 12.1 Å². The van der Waals surface area contributed by atoms with Gasteiger partial charge in [-0.15, -0.1) is 0 Å². The van der Waals surface area contributed by atoms with Gasteiger partial charge in [-0.3, -0.25) is 4.90 Å². The summed E-state index contributed by atoms with van der Waals surface area (Å²) in [5.74, 6) is 3.41. The topological polar surface area (TPSA) is 21.7 Å². The summed E-state index contributed by atoms with van der Waals surface area (Å²) in [6, 6.07) is 4.98. The van der Waals surface area contributed by atoms with E-state index in [0.29, 0.717) is 6.04 Å². The Morgan fingerprint density at radius 1 is 1.14 bits per heavy atom. The van der Waals surface area contributed by atoms with E-state index in [1.54, 1.807) is 14.2 Å². The Hall–Kier alpha value is -1.22. The first-order valence-corrected chi connectivity index (χ1v) is 8.61. The van der Waals surface area contributed by atoms with Gasteiger partial charge in [0.05, 0.1) is 14.2 Å². The number of nitrogens with zero attached hydrogens (tertiary/aromatic N) is 1. The first kappa shape index (κ1) is 15.7. The fourth-order valence-electron chi connectivity index (χ4n) is 4.31. The van der Waals surface area contributed by atoms with Gasteiger partial charge in [-0.25, -0.2) is 0 Å². The molecule has 2 aliphatic rings. The number of hydrogen-bond donors (Lipinski definition) is 0. The lowest BCUT2D eigenvalue weighted by molar-refractivity contribution is 0.0894. The minimum atomic E-state index is 0.576. The van der Waals surface area contributed by atoms with Crippen molar-refractivity contribution < 1.29 is 9.47 Å². The smallest absolute Gasteiger partial charge is 0.161 e. The van der Waals surface area contributed by atoms with Gasteiger partial charge in [0.25, 0.3) is 0 Å². The van der Waals surface area contributed by atoms with Gasteiger partial charge < -0.3 is 9.47 Å². The van der Waals surface area contributed by atoms with E-state index in [1.807, 2.05) is 0 Å². The van der Waals surface area contributed by atoms with Crippen LogP contribution in [-0.4, -0.2) is 32.2 Å². The van der Waals surface area contributed by atoms with Crippen LogP contribution in [0.5, 0.6) is 11.5 Å². The molecule has 1 fully saturated rings. The van der Waals surface area contributed by atoms with Crippen LogP contribution in [0.4, 0.5) is 0 Å². The first-order valence-electron chi connectivity index (χ1n) is 8.61. The molecule has 2 unspecified atom stereocenters. The molecule has 0 bridgehead atoms. The molecule has 2 heterocycles. The molecule has 0 aromatic heterocycles. The third-order valence-corrected chi connectivity index (χ3v) is 5.26. The van der Waals surface area contributed by atoms with E-state index >= 15 is 0 Å². The Balaban J connectivity index is 1.82. The van der Waals surface area contributed by atoms with Crippen molar-refractivity contribution in [2.45, 2.75) is 45.6 Å². The second-order valence-corrected chi connectivity index (χ2v) is 7.24. The van der Waals surface area contributed by atoms with Gasteiger partial charge in [-0.05, 0) is 60.8 Å². The first-order chi connectivity index (χ1) is 10.6. The van der Waals surface area contributed by atoms with Crippen molar-refractivity contribution in [3.8, 4) is 11.5 Å². The second kappa shape index (κ2) is 6.49. The molecule has 1 aromatic rings. The molecular formula is C19H29NO2. The number of ether oxygens (including phenoxy) is 2. The summed E-state index contributed by atoms with van der Waals surface area (Å²) in [5, 5.41) is 0. The fraction of sp³-hybridized carbons (Fsp3) is 0.684. The van der Waals surface area contributed by atoms with Gasteiger partial charge in [-0.2, -0.15) is 0 Å². The lowest BCUT2D eigenvalue weighted by Gasteiger charge is -2.44. The molecule has 2 aliphatic heterocycles. The van der Waals surface area contributed by atoms with Crippen molar-refractivity contribution in [2.75, 3.05) is 27.3 Å². The summed E-state index contributed by atoms with van der Waals surface area (Å²) in [5.41, 5.74) is 2.91. The highest BCUT2D eigenvalue weighted by Gasteiger charge is 2.34. The highest BCUT2D eigenvalue weighted by atomic mass is 16.5. The number of hydrogen-bond acceptors (Lipinski definition) is 3. The third-order valence-electron chi connectivity index (χ3n) is 5.26. The Labute approximate surface area is 134 Å². The molecule has 2 atom stereocenters. The summed E-state index contributed by atoms with van der Waals surface area (Å²) in [4.78, 5) is 2.70. The van der Waals surface area contributed by atoms with E-state index in [1.165, 1.54) is 43.5 Å². The van der Waals surface area contributed by atoms with Gasteiger partial charge in [0.2, 0.25) is 0 Å². The highest BCUT2D eigenvalue weighted by molar-refractivity contribution is 5.49. The fourth-order valence-corrected chi connectivity index (χ4v) is 4.31. The summed E-state index contributed by atoms with van der Waals surface area (Å²) >= 11 is 0. The van der Waals surface area contributed by atoms with Crippen molar-refractivity contribution in [2.24, 2.45) is 11.8 Å². The molecule has 22 heavy (non-hydrogen) atoms. The summed E-state index contributed by atoms with van der Waals surface area (Å²) < 4.78 is 11.0. The predicted molar refractivity (Wildman–Crippen MR) is 89.7 cm³/mol. The monoisotopic (exact) mass is 303 g/mol. The minimum absolute atomic E-state index is 0.576. The van der Waals surface area contributed by atoms with Crippen LogP contribution in [0, 0.1) is 11.8 Å². The Morgan fingerprint density at radius 2 is 1.86 bits per heavy atom. The summed E-state index contributed by atoms with van der Waals surface area (Å²) in [7, 11) is 3.45. The van der Waals surface area contributed by atoms with Crippen molar-refractivity contribution in [1.82, 2.24) is 4.90 Å². The van der Waals surface area contributed by atoms with E-state index in [9.17, 15) is 0 Å². The normalized spacial score (nSPS) is 24.8. The molecular weight excluding hydrogens is 274 g/mol. The van der Waals surface area contributed by atoms with Gasteiger partial charge in [0.15, 0.2) is 11.5 Å². The molecule has 0 aliphatic carbocycles. The number of piperidine rings is 1. The van der Waals surface area contributed by atoms with Crippen LogP contribution in [0.3, 0.4) is 0 Å². The zero-order chi connectivity index (χ0) is 15.7. The zero-order valence-electron chi connectivity index (χ0n) is 14.4. The maximum absolute atomic E-state index is 5.51. The van der Waals surface area contributed by atoms with Gasteiger partial charge >= 0.3 is 0 Å². The number of rotatable bonds is 4. The largest absolute Gasteiger partial charge is 0.493 e. The maximum Gasteiger partial charge on any atom is 0.161 e. The quantitative estimate of drug-likeness (QED) is 0.837. The summed E-state index contributed by atoms with van der Waals surface area (Å²) in [6.07, 6.45) is 5.12. The van der Waals surface area contributed by atoms with E-state index in [-0.39, 0.29) is 0 Å². The molecule has 0 N–H and O–H groups in total. The second-order valence-electron chi connectivity index (χ2n) is 7.24. The standard InChI is InChI=1S/C19H29NO2/c1-13(2)9-14-5-6-17-16-11-19(22-4)18(21-3)10-15(16)7-8-20(17)12-14/h10-11,13-14,17H,5-9,12H2,1-4H3. The van der Waals surface area contributed by atoms with Crippen molar-refractivity contribution in [3.63, 3.8) is 0 Å². The molecule has 122 valence electrons. The van der Waals surface area contributed by atoms with E-state index < -0.39 is 0 Å². The molecule has 3 nitrogen and oxygen atoms in total. The molecule has 0 radical (unpaired) electrons. The van der Waals surface area contributed by atoms with Gasteiger partial charge in [-0.1, -0.05) is 13.8 Å². The van der Waals surface area contributed by atoms with Crippen LogP contribution in [0.1, 0.15) is 50.3 Å². The molecule has 1 saturated heterocycles. The van der Waals surface area contributed by atoms with E-state index in [2.05, 4.69) is 30.9 Å². The van der Waals surface area contributed by atoms with Crippen LogP contribution >= 0.6 is 0 Å². The Morgan fingerprint density at radius 3 is 2.55 bits per heavy atom. The van der Waals surface area contributed by atoms with Crippen molar-refractivity contribution in [1.29, 1.82) is 0 Å². The number of benzene rings is 1. The molecule has 3 heteroatoms. The highest BCUT2D eigenvalue weighted by Crippen LogP contribution is 2.43. The maximum atomic E-state index is 5.51. The van der Waals surface area contributed by atoms with E-state index in [0.717, 1.165) is 29.8 Å². The SMILES string of the molecule is COc1cc2c(cc1OC)C1CCC(CC(C)C)CN1CC2. The minimum Gasteiger partial charge on any atom is -0.493 e. The molecule has 1 aromatic carbocycles. The van der Waals surface area contributed by atoms with E-state index in [4.69, 9.17) is 9.47 Å². The van der Waals surface area contributed by atoms with Crippen LogP contribution < -0.4 is 9.47 Å². The van der Waals surface area contributed by atoms with Crippen molar-refractivity contribution >= 4 is 0 Å². The predicted octanol–water partition coefficient (Wildman–Crippen LogP) is 4.06. The van der Waals surface area contributed by atoms with Crippen LogP contribution in [0.25, 0.3) is 0 Å². The van der Waals surface area contributed by atoms with Gasteiger partial charge in [0.1, 0.15) is 0 Å². The zero-order valence-corrected chi connectivity index (χ0v) is 14.4. The van der Waals surface area contributed by atoms with Crippen molar-refractivity contribution in [3.05, 3.63) is 23.3 Å². The Kier molecular flexibility index (Phi) is 4.62. The number of fused-ring (bicyclic) bond motifs is 3. The Bertz CT molecular complexity index is 526. The lowest BCUT2D eigenvalue weighted by atomic mass is 9.81. The average Bonchev–Trinajstić information content (AvgIpc) is 2.52. The van der Waals surface area contributed by atoms with Crippen LogP contribution in [-0.2, 0) is 6.42 Å². The molecule has 3 rings (SSSR count). The molecule has 0 saturated carbocycles. The van der Waals surface area contributed by atoms with Gasteiger partial charge in [0, 0.05) is 19.1 Å². The van der Waals surface area contributed by atoms with Crippen LogP contribution in [0.2, 0.25) is 0 Å². The third kappa shape index (κ3) is 2.96. The number of methoxy groups -OCH3 is 2. The average molecular weight is 303 g/mol.